The van der Waals surface area contributed by atoms with Crippen LogP contribution in [0.3, 0.4) is 0 Å². The molecular formula is C14H23NOS. The molecule has 1 saturated heterocycles. The van der Waals surface area contributed by atoms with Crippen LogP contribution >= 0.6 is 11.3 Å². The Balaban J connectivity index is 2.00. The van der Waals surface area contributed by atoms with E-state index in [0.717, 1.165) is 32.5 Å². The first-order chi connectivity index (χ1) is 8.01. The van der Waals surface area contributed by atoms with Crippen molar-refractivity contribution in [2.75, 3.05) is 19.6 Å². The third-order valence-electron chi connectivity index (χ3n) is 3.59. The van der Waals surface area contributed by atoms with Crippen LogP contribution in [0.4, 0.5) is 0 Å². The van der Waals surface area contributed by atoms with Crippen molar-refractivity contribution in [2.24, 2.45) is 5.92 Å². The van der Waals surface area contributed by atoms with E-state index in [-0.39, 0.29) is 0 Å². The van der Waals surface area contributed by atoms with Crippen LogP contribution in [0.5, 0.6) is 0 Å². The highest BCUT2D eigenvalue weighted by atomic mass is 32.1. The lowest BCUT2D eigenvalue weighted by molar-refractivity contribution is -0.0254. The average molecular weight is 253 g/mol. The molecule has 0 radical (unpaired) electrons. The maximum absolute atomic E-state index is 10.7. The summed E-state index contributed by atoms with van der Waals surface area (Å²) in [6, 6.07) is 2.11. The third-order valence-corrected chi connectivity index (χ3v) is 4.80. The molecule has 96 valence electrons. The SMILES string of the molecule is Cc1ccsc1C1(O)CCN(CC(C)C)CC1. The van der Waals surface area contributed by atoms with Crippen LogP contribution < -0.4 is 0 Å². The highest BCUT2D eigenvalue weighted by Crippen LogP contribution is 2.37. The van der Waals surface area contributed by atoms with Gasteiger partial charge in [-0.15, -0.1) is 11.3 Å². The summed E-state index contributed by atoms with van der Waals surface area (Å²) in [5, 5.41) is 12.8. The van der Waals surface area contributed by atoms with Crippen molar-refractivity contribution in [2.45, 2.75) is 39.2 Å². The lowest BCUT2D eigenvalue weighted by Gasteiger charge is -2.38. The van der Waals surface area contributed by atoms with Crippen molar-refractivity contribution in [1.82, 2.24) is 4.90 Å². The predicted molar refractivity (Wildman–Crippen MR) is 73.5 cm³/mol. The van der Waals surface area contributed by atoms with Crippen molar-refractivity contribution >= 4 is 11.3 Å². The first kappa shape index (κ1) is 13.1. The third kappa shape index (κ3) is 2.90. The number of rotatable bonds is 3. The average Bonchev–Trinajstić information content (AvgIpc) is 2.68. The highest BCUT2D eigenvalue weighted by Gasteiger charge is 2.35. The van der Waals surface area contributed by atoms with Gasteiger partial charge in [0.05, 0.1) is 0 Å². The molecule has 1 aromatic rings. The van der Waals surface area contributed by atoms with E-state index >= 15 is 0 Å². The van der Waals surface area contributed by atoms with E-state index < -0.39 is 5.60 Å². The molecule has 3 heteroatoms. The first-order valence-corrected chi connectivity index (χ1v) is 7.38. The molecule has 1 aromatic heterocycles. The molecule has 1 aliphatic heterocycles. The molecule has 0 atom stereocenters. The molecule has 0 unspecified atom stereocenters. The Hall–Kier alpha value is -0.380. The summed E-state index contributed by atoms with van der Waals surface area (Å²) in [5.41, 5.74) is 0.681. The molecule has 2 rings (SSSR count). The Bertz CT molecular complexity index is 364. The Morgan fingerprint density at radius 2 is 2.06 bits per heavy atom. The smallest absolute Gasteiger partial charge is 0.101 e. The molecule has 0 aromatic carbocycles. The van der Waals surface area contributed by atoms with Crippen molar-refractivity contribution in [3.8, 4) is 0 Å². The first-order valence-electron chi connectivity index (χ1n) is 6.50. The molecule has 2 heterocycles. The normalized spacial score (nSPS) is 21.0. The van der Waals surface area contributed by atoms with Crippen LogP contribution in [0, 0.1) is 12.8 Å². The maximum atomic E-state index is 10.7. The molecule has 0 amide bonds. The molecule has 1 fully saturated rings. The summed E-state index contributed by atoms with van der Waals surface area (Å²) < 4.78 is 0. The summed E-state index contributed by atoms with van der Waals surface area (Å²) in [4.78, 5) is 3.66. The molecule has 0 aliphatic carbocycles. The molecule has 0 bridgehead atoms. The van der Waals surface area contributed by atoms with Crippen LogP contribution in [0.1, 0.15) is 37.1 Å². The van der Waals surface area contributed by atoms with Gasteiger partial charge in [0.15, 0.2) is 0 Å². The van der Waals surface area contributed by atoms with Crippen molar-refractivity contribution in [1.29, 1.82) is 0 Å². The van der Waals surface area contributed by atoms with Gasteiger partial charge in [-0.05, 0) is 42.7 Å². The topological polar surface area (TPSA) is 23.5 Å². The summed E-state index contributed by atoms with van der Waals surface area (Å²) in [5.74, 6) is 0.713. The second-order valence-electron chi connectivity index (χ2n) is 5.66. The molecular weight excluding hydrogens is 230 g/mol. The zero-order valence-corrected chi connectivity index (χ0v) is 11.9. The van der Waals surface area contributed by atoms with Crippen molar-refractivity contribution < 1.29 is 5.11 Å². The number of nitrogens with zero attached hydrogens (tertiary/aromatic N) is 1. The highest BCUT2D eigenvalue weighted by molar-refractivity contribution is 7.10. The van der Waals surface area contributed by atoms with Gasteiger partial charge in [-0.25, -0.2) is 0 Å². The van der Waals surface area contributed by atoms with Crippen molar-refractivity contribution in [3.05, 3.63) is 21.9 Å². The zero-order chi connectivity index (χ0) is 12.5. The van der Waals surface area contributed by atoms with E-state index in [2.05, 4.69) is 37.1 Å². The lowest BCUT2D eigenvalue weighted by Crippen LogP contribution is -2.43. The molecule has 1 N–H and O–H groups in total. The predicted octanol–water partition coefficient (Wildman–Crippen LogP) is 3.00. The molecule has 17 heavy (non-hydrogen) atoms. The second-order valence-corrected chi connectivity index (χ2v) is 6.57. The molecule has 1 aliphatic rings. The Kier molecular flexibility index (Phi) is 3.91. The van der Waals surface area contributed by atoms with Crippen LogP contribution in [0.15, 0.2) is 11.4 Å². The van der Waals surface area contributed by atoms with Gasteiger partial charge >= 0.3 is 0 Å². The van der Waals surface area contributed by atoms with E-state index in [1.165, 1.54) is 10.4 Å². The van der Waals surface area contributed by atoms with Crippen LogP contribution in [-0.2, 0) is 5.60 Å². The Labute approximate surface area is 108 Å². The van der Waals surface area contributed by atoms with Gasteiger partial charge in [0.2, 0.25) is 0 Å². The summed E-state index contributed by atoms with van der Waals surface area (Å²) in [7, 11) is 0. The van der Waals surface area contributed by atoms with E-state index in [1.54, 1.807) is 11.3 Å². The standard InChI is InChI=1S/C14H23NOS/c1-11(2)10-15-7-5-14(16,6-8-15)13-12(3)4-9-17-13/h4,9,11,16H,5-8,10H2,1-3H3. The zero-order valence-electron chi connectivity index (χ0n) is 11.1. The quantitative estimate of drug-likeness (QED) is 0.895. The molecule has 0 spiro atoms. The minimum Gasteiger partial charge on any atom is -0.384 e. The molecule has 2 nitrogen and oxygen atoms in total. The summed E-state index contributed by atoms with van der Waals surface area (Å²) >= 11 is 1.70. The van der Waals surface area contributed by atoms with Crippen LogP contribution in [0.2, 0.25) is 0 Å². The van der Waals surface area contributed by atoms with Gasteiger partial charge in [-0.1, -0.05) is 13.8 Å². The van der Waals surface area contributed by atoms with Gasteiger partial charge in [-0.3, -0.25) is 0 Å². The fourth-order valence-corrected chi connectivity index (χ4v) is 3.78. The number of piperidine rings is 1. The number of hydrogen-bond acceptors (Lipinski definition) is 3. The van der Waals surface area contributed by atoms with E-state index in [9.17, 15) is 5.11 Å². The van der Waals surface area contributed by atoms with Gasteiger partial charge < -0.3 is 10.0 Å². The van der Waals surface area contributed by atoms with Gasteiger partial charge in [0, 0.05) is 24.5 Å². The van der Waals surface area contributed by atoms with E-state index in [4.69, 9.17) is 0 Å². The maximum Gasteiger partial charge on any atom is 0.101 e. The minimum atomic E-state index is -0.564. The number of likely N-dealkylation sites (tertiary alicyclic amines) is 1. The number of hydrogen-bond donors (Lipinski definition) is 1. The van der Waals surface area contributed by atoms with Crippen LogP contribution in [-0.4, -0.2) is 29.6 Å². The lowest BCUT2D eigenvalue weighted by atomic mass is 9.88. The summed E-state index contributed by atoms with van der Waals surface area (Å²) in [6.07, 6.45) is 1.75. The Morgan fingerprint density at radius 1 is 1.41 bits per heavy atom. The number of aryl methyl sites for hydroxylation is 1. The van der Waals surface area contributed by atoms with Gasteiger partial charge in [0.25, 0.3) is 0 Å². The fraction of sp³-hybridized carbons (Fsp3) is 0.714. The second kappa shape index (κ2) is 5.09. The van der Waals surface area contributed by atoms with Crippen LogP contribution in [0.25, 0.3) is 0 Å². The minimum absolute atomic E-state index is 0.564. The number of thiophene rings is 1. The van der Waals surface area contributed by atoms with Crippen molar-refractivity contribution in [3.63, 3.8) is 0 Å². The van der Waals surface area contributed by atoms with Gasteiger partial charge in [0.1, 0.15) is 5.60 Å². The monoisotopic (exact) mass is 253 g/mol. The molecule has 0 saturated carbocycles. The van der Waals surface area contributed by atoms with E-state index in [1.807, 2.05) is 0 Å². The van der Waals surface area contributed by atoms with E-state index in [0.29, 0.717) is 5.92 Å². The largest absolute Gasteiger partial charge is 0.384 e. The van der Waals surface area contributed by atoms with Gasteiger partial charge in [-0.2, -0.15) is 0 Å². The summed E-state index contributed by atoms with van der Waals surface area (Å²) in [6.45, 7) is 9.80. The Morgan fingerprint density at radius 3 is 2.53 bits per heavy atom. The fourth-order valence-electron chi connectivity index (χ4n) is 2.70. The number of aliphatic hydroxyl groups is 1.